The predicted octanol–water partition coefficient (Wildman–Crippen LogP) is 4.15. The van der Waals surface area contributed by atoms with Gasteiger partial charge in [0.15, 0.2) is 5.78 Å². The average molecular weight is 356 g/mol. The fraction of sp³-hybridized carbons (Fsp3) is 0.0476. The van der Waals surface area contributed by atoms with Crippen molar-refractivity contribution >= 4 is 28.9 Å². The number of pyridine rings is 1. The Kier molecular flexibility index (Phi) is 5.24. The number of rotatable bonds is 5. The van der Waals surface area contributed by atoms with Crippen LogP contribution < -0.4 is 10.6 Å². The van der Waals surface area contributed by atoms with Gasteiger partial charge in [0.2, 0.25) is 0 Å². The lowest BCUT2D eigenvalue weighted by Crippen LogP contribution is -2.12. The SMILES string of the molecule is CC(=O)c1cccc(Nc2ccc(C(=O)Nc3ccc(C#N)cc3)cn2)c1. The maximum atomic E-state index is 12.3. The van der Waals surface area contributed by atoms with Gasteiger partial charge in [-0.25, -0.2) is 4.98 Å². The van der Waals surface area contributed by atoms with E-state index >= 15 is 0 Å². The molecule has 0 bridgehead atoms. The molecule has 3 rings (SSSR count). The number of carbonyl (C=O) groups is 2. The predicted molar refractivity (Wildman–Crippen MR) is 103 cm³/mol. The first-order valence-corrected chi connectivity index (χ1v) is 8.21. The Labute approximate surface area is 156 Å². The van der Waals surface area contributed by atoms with E-state index < -0.39 is 0 Å². The molecule has 0 aliphatic rings. The summed E-state index contributed by atoms with van der Waals surface area (Å²) in [5.74, 6) is 0.254. The number of ketones is 1. The van der Waals surface area contributed by atoms with Crippen LogP contribution in [0.25, 0.3) is 0 Å². The van der Waals surface area contributed by atoms with E-state index in [-0.39, 0.29) is 11.7 Å². The van der Waals surface area contributed by atoms with E-state index in [1.165, 1.54) is 13.1 Å². The molecule has 6 heteroatoms. The molecule has 0 spiro atoms. The monoisotopic (exact) mass is 356 g/mol. The highest BCUT2D eigenvalue weighted by Gasteiger charge is 2.08. The van der Waals surface area contributed by atoms with E-state index in [0.29, 0.717) is 28.2 Å². The molecule has 27 heavy (non-hydrogen) atoms. The summed E-state index contributed by atoms with van der Waals surface area (Å²) in [6.45, 7) is 1.51. The molecular formula is C21H16N4O2. The van der Waals surface area contributed by atoms with E-state index in [9.17, 15) is 9.59 Å². The summed E-state index contributed by atoms with van der Waals surface area (Å²) in [6.07, 6.45) is 1.47. The van der Waals surface area contributed by atoms with Gasteiger partial charge in [0.05, 0.1) is 17.2 Å². The van der Waals surface area contributed by atoms with Gasteiger partial charge in [0, 0.05) is 23.1 Å². The average Bonchev–Trinajstić information content (AvgIpc) is 2.69. The minimum Gasteiger partial charge on any atom is -0.340 e. The van der Waals surface area contributed by atoms with Crippen LogP contribution in [0.3, 0.4) is 0 Å². The molecule has 0 aliphatic carbocycles. The van der Waals surface area contributed by atoms with Crippen molar-refractivity contribution in [1.82, 2.24) is 4.98 Å². The second-order valence-corrected chi connectivity index (χ2v) is 5.84. The molecule has 0 saturated carbocycles. The van der Waals surface area contributed by atoms with Gasteiger partial charge in [-0.2, -0.15) is 5.26 Å². The molecule has 0 atom stereocenters. The molecule has 2 N–H and O–H groups in total. The number of amides is 1. The van der Waals surface area contributed by atoms with Crippen LogP contribution in [0, 0.1) is 11.3 Å². The van der Waals surface area contributed by atoms with Crippen molar-refractivity contribution in [1.29, 1.82) is 5.26 Å². The Bertz CT molecular complexity index is 1020. The highest BCUT2D eigenvalue weighted by atomic mass is 16.1. The number of Topliss-reactive ketones (excluding diaryl/α,β-unsaturated/α-hetero) is 1. The number of anilines is 3. The second kappa shape index (κ2) is 7.93. The topological polar surface area (TPSA) is 94.9 Å². The van der Waals surface area contributed by atoms with E-state index in [2.05, 4.69) is 15.6 Å². The van der Waals surface area contributed by atoms with Gasteiger partial charge >= 0.3 is 0 Å². The molecule has 0 radical (unpaired) electrons. The first-order chi connectivity index (χ1) is 13.0. The molecule has 3 aromatic rings. The molecule has 2 aromatic carbocycles. The molecule has 1 heterocycles. The van der Waals surface area contributed by atoms with Crippen molar-refractivity contribution in [2.24, 2.45) is 0 Å². The second-order valence-electron chi connectivity index (χ2n) is 5.84. The fourth-order valence-electron chi connectivity index (χ4n) is 2.40. The standard InChI is InChI=1S/C21H16N4O2/c1-14(26)16-3-2-4-19(11-16)24-20-10-7-17(13-23-20)21(27)25-18-8-5-15(12-22)6-9-18/h2-11,13H,1H3,(H,23,24)(H,25,27). The Hall–Kier alpha value is -3.98. The van der Waals surface area contributed by atoms with Crippen LogP contribution in [0.5, 0.6) is 0 Å². The summed E-state index contributed by atoms with van der Waals surface area (Å²) in [4.78, 5) is 28.0. The van der Waals surface area contributed by atoms with E-state index in [1.54, 1.807) is 54.6 Å². The lowest BCUT2D eigenvalue weighted by atomic mass is 10.1. The van der Waals surface area contributed by atoms with Crippen molar-refractivity contribution in [2.75, 3.05) is 10.6 Å². The van der Waals surface area contributed by atoms with Crippen molar-refractivity contribution < 1.29 is 9.59 Å². The van der Waals surface area contributed by atoms with Crippen LogP contribution in [-0.4, -0.2) is 16.7 Å². The molecule has 0 aliphatic heterocycles. The Morgan fingerprint density at radius 3 is 2.37 bits per heavy atom. The number of benzene rings is 2. The molecule has 1 amide bonds. The van der Waals surface area contributed by atoms with Gasteiger partial charge in [0.1, 0.15) is 5.82 Å². The summed E-state index contributed by atoms with van der Waals surface area (Å²) >= 11 is 0. The van der Waals surface area contributed by atoms with Crippen molar-refractivity contribution in [3.8, 4) is 6.07 Å². The third-order valence-corrected chi connectivity index (χ3v) is 3.84. The fourth-order valence-corrected chi connectivity index (χ4v) is 2.40. The summed E-state index contributed by atoms with van der Waals surface area (Å²) in [5, 5.41) is 14.6. The number of nitrogens with one attached hydrogen (secondary N) is 2. The lowest BCUT2D eigenvalue weighted by Gasteiger charge is -2.08. The maximum absolute atomic E-state index is 12.3. The van der Waals surface area contributed by atoms with Crippen molar-refractivity contribution in [3.05, 3.63) is 83.6 Å². The highest BCUT2D eigenvalue weighted by molar-refractivity contribution is 6.04. The maximum Gasteiger partial charge on any atom is 0.257 e. The van der Waals surface area contributed by atoms with Crippen molar-refractivity contribution in [3.63, 3.8) is 0 Å². The minimum atomic E-state index is -0.294. The minimum absolute atomic E-state index is 0.0126. The van der Waals surface area contributed by atoms with E-state index in [0.717, 1.165) is 5.69 Å². The summed E-state index contributed by atoms with van der Waals surface area (Å²) in [5.41, 5.74) is 2.88. The van der Waals surface area contributed by atoms with Gasteiger partial charge in [-0.05, 0) is 55.5 Å². The van der Waals surface area contributed by atoms with Crippen LogP contribution >= 0.6 is 0 Å². The quantitative estimate of drug-likeness (QED) is 0.670. The van der Waals surface area contributed by atoms with Gasteiger partial charge in [0.25, 0.3) is 5.91 Å². The van der Waals surface area contributed by atoms with Crippen LogP contribution in [0.4, 0.5) is 17.2 Å². The summed E-state index contributed by atoms with van der Waals surface area (Å²) < 4.78 is 0. The van der Waals surface area contributed by atoms with Gasteiger partial charge < -0.3 is 10.6 Å². The number of aromatic nitrogens is 1. The molecule has 0 saturated heterocycles. The zero-order valence-electron chi connectivity index (χ0n) is 14.6. The Morgan fingerprint density at radius 1 is 0.963 bits per heavy atom. The van der Waals surface area contributed by atoms with Gasteiger partial charge in [-0.1, -0.05) is 12.1 Å². The Morgan fingerprint density at radius 2 is 1.74 bits per heavy atom. The molecule has 0 unspecified atom stereocenters. The van der Waals surface area contributed by atoms with Crippen LogP contribution in [-0.2, 0) is 0 Å². The number of nitrogens with zero attached hydrogens (tertiary/aromatic N) is 2. The molecule has 6 nitrogen and oxygen atoms in total. The van der Waals surface area contributed by atoms with E-state index in [4.69, 9.17) is 5.26 Å². The van der Waals surface area contributed by atoms with Gasteiger partial charge in [-0.3, -0.25) is 9.59 Å². The number of hydrogen-bond acceptors (Lipinski definition) is 5. The third kappa shape index (κ3) is 4.55. The number of hydrogen-bond donors (Lipinski definition) is 2. The van der Waals surface area contributed by atoms with E-state index in [1.807, 2.05) is 12.1 Å². The molecule has 0 fully saturated rings. The first kappa shape index (κ1) is 17.8. The largest absolute Gasteiger partial charge is 0.340 e. The normalized spacial score (nSPS) is 9.93. The number of nitriles is 1. The zero-order chi connectivity index (χ0) is 19.2. The molecular weight excluding hydrogens is 340 g/mol. The lowest BCUT2D eigenvalue weighted by molar-refractivity contribution is 0.101. The number of carbonyl (C=O) groups excluding carboxylic acids is 2. The molecule has 132 valence electrons. The Balaban J connectivity index is 1.67. The highest BCUT2D eigenvalue weighted by Crippen LogP contribution is 2.17. The van der Waals surface area contributed by atoms with Gasteiger partial charge in [-0.15, -0.1) is 0 Å². The van der Waals surface area contributed by atoms with Crippen LogP contribution in [0.15, 0.2) is 66.9 Å². The first-order valence-electron chi connectivity index (χ1n) is 8.21. The summed E-state index contributed by atoms with van der Waals surface area (Å²) in [7, 11) is 0. The van der Waals surface area contributed by atoms with Crippen molar-refractivity contribution in [2.45, 2.75) is 6.92 Å². The smallest absolute Gasteiger partial charge is 0.257 e. The van der Waals surface area contributed by atoms with Crippen LogP contribution in [0.2, 0.25) is 0 Å². The zero-order valence-corrected chi connectivity index (χ0v) is 14.6. The van der Waals surface area contributed by atoms with Crippen LogP contribution in [0.1, 0.15) is 33.2 Å². The third-order valence-electron chi connectivity index (χ3n) is 3.84. The molecule has 1 aromatic heterocycles. The summed E-state index contributed by atoms with van der Waals surface area (Å²) in [6, 6.07) is 19.1.